The maximum absolute atomic E-state index is 12.1. The molecule has 2 aliphatic rings. The number of nitrogens with one attached hydrogen (secondary N) is 1. The largest absolute Gasteiger partial charge is 0.376 e. The van der Waals surface area contributed by atoms with Gasteiger partial charge in [-0.1, -0.05) is 27.7 Å². The molecule has 116 valence electrons. The van der Waals surface area contributed by atoms with Gasteiger partial charge in [-0.3, -0.25) is 4.79 Å². The van der Waals surface area contributed by atoms with Crippen molar-refractivity contribution in [3.8, 4) is 0 Å². The summed E-state index contributed by atoms with van der Waals surface area (Å²) < 4.78 is 5.82. The molecule has 0 atom stereocenters. The molecule has 2 fully saturated rings. The zero-order chi connectivity index (χ0) is 15.0. The van der Waals surface area contributed by atoms with E-state index in [9.17, 15) is 4.79 Å². The van der Waals surface area contributed by atoms with Crippen molar-refractivity contribution in [2.75, 3.05) is 13.2 Å². The van der Waals surface area contributed by atoms with Gasteiger partial charge in [0.1, 0.15) is 0 Å². The molecule has 0 spiro atoms. The minimum atomic E-state index is 0.109. The first-order valence-electron chi connectivity index (χ1n) is 7.91. The van der Waals surface area contributed by atoms with Gasteiger partial charge in [0.15, 0.2) is 0 Å². The van der Waals surface area contributed by atoms with Gasteiger partial charge in [0, 0.05) is 18.5 Å². The van der Waals surface area contributed by atoms with Gasteiger partial charge in [-0.05, 0) is 36.5 Å². The Morgan fingerprint density at radius 1 is 1.15 bits per heavy atom. The molecular weight excluding hydrogens is 252 g/mol. The molecule has 2 aliphatic carbocycles. The van der Waals surface area contributed by atoms with E-state index in [4.69, 9.17) is 10.5 Å². The molecule has 0 aromatic carbocycles. The third-order valence-corrected chi connectivity index (χ3v) is 5.76. The number of carbonyl (C=O) groups excluding carboxylic acids is 1. The van der Waals surface area contributed by atoms with Crippen molar-refractivity contribution in [1.29, 1.82) is 0 Å². The van der Waals surface area contributed by atoms with Crippen LogP contribution >= 0.6 is 0 Å². The topological polar surface area (TPSA) is 64.3 Å². The first-order valence-corrected chi connectivity index (χ1v) is 7.91. The molecular formula is C16H30N2O2. The van der Waals surface area contributed by atoms with Gasteiger partial charge >= 0.3 is 0 Å². The lowest BCUT2D eigenvalue weighted by Crippen LogP contribution is -2.34. The maximum Gasteiger partial charge on any atom is 0.224 e. The molecule has 0 aromatic heterocycles. The fraction of sp³-hybridized carbons (Fsp3) is 0.938. The lowest BCUT2D eigenvalue weighted by molar-refractivity contribution is -0.123. The van der Waals surface area contributed by atoms with Crippen LogP contribution < -0.4 is 11.1 Å². The van der Waals surface area contributed by atoms with E-state index in [1.54, 1.807) is 0 Å². The Balaban J connectivity index is 1.61. The number of carbonyl (C=O) groups is 1. The van der Waals surface area contributed by atoms with E-state index >= 15 is 0 Å². The van der Waals surface area contributed by atoms with Crippen LogP contribution in [0.1, 0.15) is 53.4 Å². The van der Waals surface area contributed by atoms with Gasteiger partial charge < -0.3 is 15.8 Å². The summed E-state index contributed by atoms with van der Waals surface area (Å²) in [5.41, 5.74) is 6.09. The minimum Gasteiger partial charge on any atom is -0.376 e. The summed E-state index contributed by atoms with van der Waals surface area (Å²) in [5.74, 6) is 0.303. The van der Waals surface area contributed by atoms with Crippen molar-refractivity contribution in [3.05, 3.63) is 0 Å². The van der Waals surface area contributed by atoms with E-state index in [-0.39, 0.29) is 22.7 Å². The molecule has 4 nitrogen and oxygen atoms in total. The van der Waals surface area contributed by atoms with Crippen LogP contribution in [-0.4, -0.2) is 31.2 Å². The summed E-state index contributed by atoms with van der Waals surface area (Å²) in [4.78, 5) is 12.1. The van der Waals surface area contributed by atoms with Crippen LogP contribution in [0, 0.1) is 16.7 Å². The highest BCUT2D eigenvalue weighted by molar-refractivity contribution is 5.84. The quantitative estimate of drug-likeness (QED) is 0.759. The molecule has 0 aliphatic heterocycles. The fourth-order valence-electron chi connectivity index (χ4n) is 3.61. The van der Waals surface area contributed by atoms with E-state index in [0.29, 0.717) is 25.3 Å². The molecule has 20 heavy (non-hydrogen) atoms. The van der Waals surface area contributed by atoms with Crippen LogP contribution in [0.4, 0.5) is 0 Å². The summed E-state index contributed by atoms with van der Waals surface area (Å²) in [7, 11) is 0. The predicted molar refractivity (Wildman–Crippen MR) is 80.2 cm³/mol. The van der Waals surface area contributed by atoms with Gasteiger partial charge in [-0.2, -0.15) is 0 Å². The SMILES string of the molecule is CC1(C)C(C(=O)NCCOC2CCC(N)CC2)C1(C)C. The first-order chi connectivity index (χ1) is 9.26. The average Bonchev–Trinajstić information content (AvgIpc) is 2.77. The average molecular weight is 282 g/mol. The zero-order valence-electron chi connectivity index (χ0n) is 13.4. The Morgan fingerprint density at radius 2 is 1.70 bits per heavy atom. The van der Waals surface area contributed by atoms with Gasteiger partial charge in [0.25, 0.3) is 0 Å². The van der Waals surface area contributed by atoms with E-state index in [0.717, 1.165) is 25.7 Å². The molecule has 4 heteroatoms. The lowest BCUT2D eigenvalue weighted by atomic mass is 9.94. The van der Waals surface area contributed by atoms with Crippen molar-refractivity contribution in [3.63, 3.8) is 0 Å². The van der Waals surface area contributed by atoms with Crippen LogP contribution in [0.2, 0.25) is 0 Å². The fourth-order valence-corrected chi connectivity index (χ4v) is 3.61. The van der Waals surface area contributed by atoms with Crippen LogP contribution in [0.25, 0.3) is 0 Å². The Morgan fingerprint density at radius 3 is 2.20 bits per heavy atom. The molecule has 2 rings (SSSR count). The third kappa shape index (κ3) is 3.01. The smallest absolute Gasteiger partial charge is 0.224 e. The van der Waals surface area contributed by atoms with Crippen molar-refractivity contribution in [2.24, 2.45) is 22.5 Å². The number of rotatable bonds is 5. The van der Waals surface area contributed by atoms with Crippen molar-refractivity contribution < 1.29 is 9.53 Å². The van der Waals surface area contributed by atoms with Gasteiger partial charge in [-0.15, -0.1) is 0 Å². The number of hydrogen-bond acceptors (Lipinski definition) is 3. The molecule has 0 heterocycles. The third-order valence-electron chi connectivity index (χ3n) is 5.76. The van der Waals surface area contributed by atoms with E-state index in [1.165, 1.54) is 0 Å². The highest BCUT2D eigenvalue weighted by Gasteiger charge is 2.68. The lowest BCUT2D eigenvalue weighted by Gasteiger charge is -2.26. The summed E-state index contributed by atoms with van der Waals surface area (Å²) in [6.07, 6.45) is 4.55. The Bertz CT molecular complexity index is 343. The Labute approximate surface area is 122 Å². The van der Waals surface area contributed by atoms with Crippen LogP contribution in [0.5, 0.6) is 0 Å². The highest BCUT2D eigenvalue weighted by Crippen LogP contribution is 2.68. The molecule has 0 aromatic rings. The van der Waals surface area contributed by atoms with Crippen LogP contribution in [0.15, 0.2) is 0 Å². The molecule has 0 bridgehead atoms. The molecule has 3 N–H and O–H groups in total. The van der Waals surface area contributed by atoms with Crippen molar-refractivity contribution in [2.45, 2.75) is 65.5 Å². The van der Waals surface area contributed by atoms with Crippen molar-refractivity contribution >= 4 is 5.91 Å². The molecule has 2 saturated carbocycles. The number of nitrogens with two attached hydrogens (primary N) is 1. The van der Waals surface area contributed by atoms with Crippen LogP contribution in [0.3, 0.4) is 0 Å². The normalized spacial score (nSPS) is 31.9. The summed E-state index contributed by atoms with van der Waals surface area (Å²) in [5, 5.41) is 3.02. The Kier molecular flexibility index (Phi) is 4.45. The highest BCUT2D eigenvalue weighted by atomic mass is 16.5. The van der Waals surface area contributed by atoms with Gasteiger partial charge in [-0.25, -0.2) is 0 Å². The van der Waals surface area contributed by atoms with E-state index < -0.39 is 0 Å². The van der Waals surface area contributed by atoms with Gasteiger partial charge in [0.05, 0.1) is 12.7 Å². The van der Waals surface area contributed by atoms with E-state index in [2.05, 4.69) is 33.0 Å². The minimum absolute atomic E-state index is 0.109. The summed E-state index contributed by atoms with van der Waals surface area (Å²) in [6.45, 7) is 9.89. The number of ether oxygens (including phenoxy) is 1. The van der Waals surface area contributed by atoms with Gasteiger partial charge in [0.2, 0.25) is 5.91 Å². The second kappa shape index (κ2) is 5.64. The number of amides is 1. The summed E-state index contributed by atoms with van der Waals surface area (Å²) >= 11 is 0. The second-order valence-electron chi connectivity index (χ2n) is 7.57. The molecule has 0 saturated heterocycles. The van der Waals surface area contributed by atoms with Crippen molar-refractivity contribution in [1.82, 2.24) is 5.32 Å². The van der Waals surface area contributed by atoms with Crippen LogP contribution in [-0.2, 0) is 9.53 Å². The van der Waals surface area contributed by atoms with E-state index in [1.807, 2.05) is 0 Å². The predicted octanol–water partition coefficient (Wildman–Crippen LogP) is 2.07. The second-order valence-corrected chi connectivity index (χ2v) is 7.57. The number of hydrogen-bond donors (Lipinski definition) is 2. The Hall–Kier alpha value is -0.610. The molecule has 1 amide bonds. The summed E-state index contributed by atoms with van der Waals surface area (Å²) in [6, 6.07) is 0.355. The molecule has 0 radical (unpaired) electrons. The first kappa shape index (κ1) is 15.8. The zero-order valence-corrected chi connectivity index (χ0v) is 13.4. The standard InChI is InChI=1S/C16H30N2O2/c1-15(2)13(16(15,3)4)14(19)18-9-10-20-12-7-5-11(17)6-8-12/h11-13H,5-10,17H2,1-4H3,(H,18,19). The maximum atomic E-state index is 12.1. The monoisotopic (exact) mass is 282 g/mol. The molecule has 0 unspecified atom stereocenters.